The van der Waals surface area contributed by atoms with Crippen LogP contribution in [0.2, 0.25) is 0 Å². The van der Waals surface area contributed by atoms with Crippen molar-refractivity contribution in [2.45, 2.75) is 31.8 Å². The molecule has 1 heterocycles. The van der Waals surface area contributed by atoms with E-state index >= 15 is 0 Å². The van der Waals surface area contributed by atoms with Gasteiger partial charge in [0.25, 0.3) is 0 Å². The molecule has 0 aliphatic heterocycles. The number of hydrogen-bond donors (Lipinski definition) is 2. The minimum absolute atomic E-state index is 0.138. The van der Waals surface area contributed by atoms with Crippen molar-refractivity contribution in [3.05, 3.63) is 23.6 Å². The highest BCUT2D eigenvalue weighted by Crippen LogP contribution is 2.27. The third-order valence-corrected chi connectivity index (χ3v) is 3.47. The van der Waals surface area contributed by atoms with Crippen molar-refractivity contribution in [2.75, 3.05) is 18.9 Å². The Hall–Kier alpha value is -1.69. The van der Waals surface area contributed by atoms with Crippen molar-refractivity contribution >= 4 is 11.8 Å². The molecule has 0 radical (unpaired) electrons. The van der Waals surface area contributed by atoms with E-state index in [2.05, 4.69) is 29.2 Å². The van der Waals surface area contributed by atoms with Gasteiger partial charge < -0.3 is 10.4 Å². The maximum Gasteiger partial charge on any atom is 0.339 e. The van der Waals surface area contributed by atoms with Crippen LogP contribution in [0.25, 0.3) is 0 Å². The van der Waals surface area contributed by atoms with Gasteiger partial charge in [0.1, 0.15) is 17.2 Å². The first-order valence-corrected chi connectivity index (χ1v) is 6.33. The Balaban J connectivity index is 2.00. The molecule has 0 amide bonds. The molecule has 1 atom stereocenters. The van der Waals surface area contributed by atoms with E-state index in [1.54, 1.807) is 0 Å². The second-order valence-electron chi connectivity index (χ2n) is 4.98. The molecule has 19 heavy (non-hydrogen) atoms. The fraction of sp³-hybridized carbons (Fsp3) is 0.538. The quantitative estimate of drug-likeness (QED) is 0.823. The van der Waals surface area contributed by atoms with Gasteiger partial charge in [-0.3, -0.25) is 4.90 Å². The van der Waals surface area contributed by atoms with Crippen molar-refractivity contribution < 1.29 is 14.3 Å². The standard InChI is InChI=1S/C13H18FN3O2/c1-8(17(2)10-3-4-10)6-15-12-11(13(18)19)5-9(14)7-16-12/h5,7-8,10H,3-4,6H2,1-2H3,(H,15,16)(H,18,19). The molecule has 1 aliphatic rings. The van der Waals surface area contributed by atoms with Gasteiger partial charge in [0.15, 0.2) is 0 Å². The predicted octanol–water partition coefficient (Wildman–Crippen LogP) is 1.81. The van der Waals surface area contributed by atoms with Crippen molar-refractivity contribution in [1.29, 1.82) is 0 Å². The molecular formula is C13H18FN3O2. The third kappa shape index (κ3) is 3.41. The minimum atomic E-state index is -1.18. The lowest BCUT2D eigenvalue weighted by atomic mass is 10.2. The lowest BCUT2D eigenvalue weighted by Crippen LogP contribution is -2.36. The number of anilines is 1. The topological polar surface area (TPSA) is 65.5 Å². The molecule has 2 N–H and O–H groups in total. The molecule has 2 rings (SSSR count). The van der Waals surface area contributed by atoms with Gasteiger partial charge in [0.2, 0.25) is 0 Å². The van der Waals surface area contributed by atoms with Crippen LogP contribution in [0, 0.1) is 5.82 Å². The Morgan fingerprint density at radius 2 is 2.37 bits per heavy atom. The average Bonchev–Trinajstić information content (AvgIpc) is 3.20. The van der Waals surface area contributed by atoms with Gasteiger partial charge in [0, 0.05) is 18.6 Å². The smallest absolute Gasteiger partial charge is 0.339 e. The first kappa shape index (κ1) is 13.7. The zero-order chi connectivity index (χ0) is 14.0. The lowest BCUT2D eigenvalue weighted by Gasteiger charge is -2.25. The first-order chi connectivity index (χ1) is 8.99. The largest absolute Gasteiger partial charge is 0.478 e. The third-order valence-electron chi connectivity index (χ3n) is 3.47. The van der Waals surface area contributed by atoms with E-state index in [-0.39, 0.29) is 17.4 Å². The van der Waals surface area contributed by atoms with E-state index in [4.69, 9.17) is 5.11 Å². The van der Waals surface area contributed by atoms with Gasteiger partial charge in [-0.15, -0.1) is 0 Å². The number of pyridine rings is 1. The van der Waals surface area contributed by atoms with Crippen molar-refractivity contribution in [1.82, 2.24) is 9.88 Å². The van der Waals surface area contributed by atoms with Crippen molar-refractivity contribution in [3.63, 3.8) is 0 Å². The summed E-state index contributed by atoms with van der Waals surface area (Å²) in [5.41, 5.74) is -0.138. The van der Waals surface area contributed by atoms with Crippen molar-refractivity contribution in [3.8, 4) is 0 Å². The van der Waals surface area contributed by atoms with Crippen LogP contribution >= 0.6 is 0 Å². The van der Waals surface area contributed by atoms with Crippen LogP contribution in [-0.2, 0) is 0 Å². The number of carbonyl (C=O) groups is 1. The molecule has 6 heteroatoms. The number of nitrogens with zero attached hydrogens (tertiary/aromatic N) is 2. The van der Waals surface area contributed by atoms with Gasteiger partial charge >= 0.3 is 5.97 Å². The summed E-state index contributed by atoms with van der Waals surface area (Å²) in [4.78, 5) is 17.1. The highest BCUT2D eigenvalue weighted by molar-refractivity contribution is 5.93. The number of carboxylic acids is 1. The van der Waals surface area contributed by atoms with Gasteiger partial charge in [-0.1, -0.05) is 0 Å². The molecule has 0 aromatic carbocycles. The van der Waals surface area contributed by atoms with Crippen LogP contribution in [0.5, 0.6) is 0 Å². The Morgan fingerprint density at radius 1 is 1.68 bits per heavy atom. The second kappa shape index (κ2) is 5.52. The summed E-state index contributed by atoms with van der Waals surface area (Å²) in [5, 5.41) is 12.0. The summed E-state index contributed by atoms with van der Waals surface area (Å²) in [6.07, 6.45) is 3.45. The minimum Gasteiger partial charge on any atom is -0.478 e. The zero-order valence-electron chi connectivity index (χ0n) is 11.1. The Labute approximate surface area is 111 Å². The van der Waals surface area contributed by atoms with E-state index in [0.29, 0.717) is 12.6 Å². The molecule has 1 aromatic rings. The lowest BCUT2D eigenvalue weighted by molar-refractivity contribution is 0.0697. The number of halogens is 1. The van der Waals surface area contributed by atoms with Gasteiger partial charge in [-0.05, 0) is 32.9 Å². The molecule has 1 unspecified atom stereocenters. The SMILES string of the molecule is CC(CNc1ncc(F)cc1C(=O)O)N(C)C1CC1. The average molecular weight is 267 g/mol. The molecular weight excluding hydrogens is 249 g/mol. The van der Waals surface area contributed by atoms with Crippen LogP contribution in [0.1, 0.15) is 30.1 Å². The number of nitrogens with one attached hydrogen (secondary N) is 1. The van der Waals surface area contributed by atoms with E-state index in [9.17, 15) is 9.18 Å². The number of aromatic carboxylic acids is 1. The van der Waals surface area contributed by atoms with Gasteiger partial charge in [0.05, 0.1) is 6.20 Å². The summed E-state index contributed by atoms with van der Waals surface area (Å²) < 4.78 is 13.0. The van der Waals surface area contributed by atoms with E-state index in [1.807, 2.05) is 0 Å². The molecule has 1 aliphatic carbocycles. The van der Waals surface area contributed by atoms with Gasteiger partial charge in [-0.2, -0.15) is 0 Å². The highest BCUT2D eigenvalue weighted by Gasteiger charge is 2.29. The molecule has 1 fully saturated rings. The number of rotatable bonds is 6. The van der Waals surface area contributed by atoms with Crippen LogP contribution in [0.4, 0.5) is 10.2 Å². The summed E-state index contributed by atoms with van der Waals surface area (Å²) >= 11 is 0. The molecule has 104 valence electrons. The summed E-state index contributed by atoms with van der Waals surface area (Å²) in [7, 11) is 2.06. The van der Waals surface area contributed by atoms with Crippen LogP contribution in [-0.4, -0.2) is 46.6 Å². The van der Waals surface area contributed by atoms with E-state index in [0.717, 1.165) is 12.3 Å². The Bertz CT molecular complexity index is 477. The van der Waals surface area contributed by atoms with E-state index in [1.165, 1.54) is 12.8 Å². The molecule has 1 aromatic heterocycles. The van der Waals surface area contributed by atoms with Crippen LogP contribution in [0.3, 0.4) is 0 Å². The predicted molar refractivity (Wildman–Crippen MR) is 69.9 cm³/mol. The summed E-state index contributed by atoms with van der Waals surface area (Å²) in [6.45, 7) is 2.64. The normalized spacial score (nSPS) is 16.4. The number of carboxylic acid groups (broad SMARTS) is 1. The Kier molecular flexibility index (Phi) is 3.99. The fourth-order valence-corrected chi connectivity index (χ4v) is 1.97. The van der Waals surface area contributed by atoms with E-state index < -0.39 is 11.8 Å². The van der Waals surface area contributed by atoms with Crippen LogP contribution < -0.4 is 5.32 Å². The van der Waals surface area contributed by atoms with Crippen LogP contribution in [0.15, 0.2) is 12.3 Å². The number of aromatic nitrogens is 1. The van der Waals surface area contributed by atoms with Gasteiger partial charge in [-0.25, -0.2) is 14.2 Å². The monoisotopic (exact) mass is 267 g/mol. The molecule has 0 bridgehead atoms. The molecule has 1 saturated carbocycles. The summed E-state index contributed by atoms with van der Waals surface area (Å²) in [6, 6.07) is 1.88. The fourth-order valence-electron chi connectivity index (χ4n) is 1.97. The maximum absolute atomic E-state index is 13.0. The maximum atomic E-state index is 13.0. The first-order valence-electron chi connectivity index (χ1n) is 6.33. The number of likely N-dealkylation sites (N-methyl/N-ethyl adjacent to an activating group) is 1. The highest BCUT2D eigenvalue weighted by atomic mass is 19.1. The second-order valence-corrected chi connectivity index (χ2v) is 4.98. The summed E-state index contributed by atoms with van der Waals surface area (Å²) in [5.74, 6) is -1.62. The molecule has 0 saturated heterocycles. The zero-order valence-corrected chi connectivity index (χ0v) is 11.1. The molecule has 5 nitrogen and oxygen atoms in total. The number of hydrogen-bond acceptors (Lipinski definition) is 4. The molecule has 0 spiro atoms. The Morgan fingerprint density at radius 3 is 2.95 bits per heavy atom. The van der Waals surface area contributed by atoms with Crippen molar-refractivity contribution in [2.24, 2.45) is 0 Å².